The quantitative estimate of drug-likeness (QED) is 0.859. The van der Waals surface area contributed by atoms with Crippen LogP contribution in [0.25, 0.3) is 0 Å². The Morgan fingerprint density at radius 1 is 1.09 bits per heavy atom. The van der Waals surface area contributed by atoms with Gasteiger partial charge in [0.15, 0.2) is 0 Å². The van der Waals surface area contributed by atoms with Gasteiger partial charge in [-0.3, -0.25) is 4.55 Å². The van der Waals surface area contributed by atoms with Crippen molar-refractivity contribution in [3.05, 3.63) is 29.8 Å². The summed E-state index contributed by atoms with van der Waals surface area (Å²) in [6.07, 6.45) is 2.69. The third kappa shape index (κ3) is 7.35. The second-order valence-corrected chi connectivity index (χ2v) is 7.21. The maximum Gasteiger partial charge on any atom is 0.294 e. The Morgan fingerprint density at radius 3 is 2.09 bits per heavy atom. The van der Waals surface area contributed by atoms with Gasteiger partial charge < -0.3 is 9.80 Å². The van der Waals surface area contributed by atoms with Gasteiger partial charge in [-0.15, -0.1) is 0 Å². The largest absolute Gasteiger partial charge is 0.304 e. The Morgan fingerprint density at radius 2 is 1.64 bits per heavy atom. The highest BCUT2D eigenvalue weighted by atomic mass is 32.2. The van der Waals surface area contributed by atoms with Crippen molar-refractivity contribution >= 4 is 10.1 Å². The molecule has 1 aliphatic heterocycles. The smallest absolute Gasteiger partial charge is 0.294 e. The maximum absolute atomic E-state index is 10.5. The lowest BCUT2D eigenvalue weighted by molar-refractivity contribution is 0.152. The molecule has 0 bridgehead atoms. The highest BCUT2D eigenvalue weighted by Gasteiger charge is 2.11. The molecule has 0 aliphatic carbocycles. The van der Waals surface area contributed by atoms with Gasteiger partial charge in [-0.1, -0.05) is 31.0 Å². The van der Waals surface area contributed by atoms with Crippen molar-refractivity contribution in [2.24, 2.45) is 0 Å². The van der Waals surface area contributed by atoms with E-state index in [9.17, 15) is 8.42 Å². The lowest BCUT2D eigenvalue weighted by atomic mass is 10.2. The van der Waals surface area contributed by atoms with Gasteiger partial charge in [0.25, 0.3) is 10.1 Å². The molecule has 0 atom stereocenters. The van der Waals surface area contributed by atoms with Crippen LogP contribution in [0.15, 0.2) is 29.2 Å². The summed E-state index contributed by atoms with van der Waals surface area (Å²) >= 11 is 0. The molecular formula is C16H28N2O3S. The van der Waals surface area contributed by atoms with Crippen LogP contribution in [-0.2, 0) is 10.1 Å². The molecule has 1 heterocycles. The van der Waals surface area contributed by atoms with Gasteiger partial charge in [-0.05, 0) is 39.1 Å². The van der Waals surface area contributed by atoms with Crippen molar-refractivity contribution in [3.8, 4) is 0 Å². The Balaban J connectivity index is 0.000000220. The van der Waals surface area contributed by atoms with E-state index in [4.69, 9.17) is 4.55 Å². The fraction of sp³-hybridized carbons (Fsp3) is 0.625. The molecule has 126 valence electrons. The number of hydrogen-bond acceptors (Lipinski definition) is 4. The van der Waals surface area contributed by atoms with Gasteiger partial charge in [-0.2, -0.15) is 8.42 Å². The first-order chi connectivity index (χ1) is 10.3. The van der Waals surface area contributed by atoms with Crippen LogP contribution in [-0.4, -0.2) is 62.5 Å². The molecule has 0 spiro atoms. The van der Waals surface area contributed by atoms with Crippen LogP contribution in [0.2, 0.25) is 0 Å². The van der Waals surface area contributed by atoms with Gasteiger partial charge in [0.2, 0.25) is 0 Å². The normalized spacial score (nSPS) is 16.9. The van der Waals surface area contributed by atoms with E-state index >= 15 is 0 Å². The van der Waals surface area contributed by atoms with E-state index in [1.807, 2.05) is 6.92 Å². The van der Waals surface area contributed by atoms with E-state index in [1.54, 1.807) is 12.1 Å². The summed E-state index contributed by atoms with van der Waals surface area (Å²) in [4.78, 5) is 4.91. The lowest BCUT2D eigenvalue weighted by Gasteiger charge is -2.32. The fourth-order valence-electron chi connectivity index (χ4n) is 2.16. The molecule has 2 rings (SSSR count). The molecule has 0 amide bonds. The zero-order valence-electron chi connectivity index (χ0n) is 13.8. The third-order valence-corrected chi connectivity index (χ3v) is 4.61. The van der Waals surface area contributed by atoms with Crippen LogP contribution < -0.4 is 0 Å². The van der Waals surface area contributed by atoms with Crippen molar-refractivity contribution < 1.29 is 13.0 Å². The zero-order chi connectivity index (χ0) is 16.6. The first kappa shape index (κ1) is 19.1. The third-order valence-electron chi connectivity index (χ3n) is 3.74. The molecule has 1 aliphatic rings. The number of piperazine rings is 1. The molecule has 0 radical (unpaired) electrons. The zero-order valence-corrected chi connectivity index (χ0v) is 14.6. The summed E-state index contributed by atoms with van der Waals surface area (Å²) in [6.45, 7) is 10.5. The molecule has 1 saturated heterocycles. The molecule has 1 fully saturated rings. The van der Waals surface area contributed by atoms with Crippen LogP contribution in [0.3, 0.4) is 0 Å². The Bertz CT molecular complexity index is 518. The second-order valence-electron chi connectivity index (χ2n) is 5.79. The van der Waals surface area contributed by atoms with E-state index in [2.05, 4.69) is 23.8 Å². The fourth-order valence-corrected chi connectivity index (χ4v) is 2.64. The van der Waals surface area contributed by atoms with Gasteiger partial charge in [0.05, 0.1) is 4.90 Å². The predicted octanol–water partition coefficient (Wildman–Crippen LogP) is 2.28. The molecule has 5 nitrogen and oxygen atoms in total. The van der Waals surface area contributed by atoms with E-state index in [0.29, 0.717) is 0 Å². The number of unbranched alkanes of at least 4 members (excludes halogenated alkanes) is 1. The van der Waals surface area contributed by atoms with Crippen molar-refractivity contribution in [2.45, 2.75) is 31.6 Å². The molecule has 22 heavy (non-hydrogen) atoms. The van der Waals surface area contributed by atoms with Gasteiger partial charge in [-0.25, -0.2) is 0 Å². The highest BCUT2D eigenvalue weighted by Crippen LogP contribution is 2.08. The first-order valence-corrected chi connectivity index (χ1v) is 9.22. The molecule has 6 heteroatoms. The molecule has 1 N–H and O–H groups in total. The number of hydrogen-bond donors (Lipinski definition) is 1. The Kier molecular flexibility index (Phi) is 8.03. The van der Waals surface area contributed by atoms with Gasteiger partial charge in [0, 0.05) is 26.2 Å². The summed E-state index contributed by atoms with van der Waals surface area (Å²) < 4.78 is 29.6. The van der Waals surface area contributed by atoms with E-state index in [1.165, 1.54) is 57.7 Å². The molecule has 0 unspecified atom stereocenters. The van der Waals surface area contributed by atoms with E-state index < -0.39 is 10.1 Å². The molecular weight excluding hydrogens is 300 g/mol. The molecule has 1 aromatic carbocycles. The van der Waals surface area contributed by atoms with Crippen molar-refractivity contribution in [2.75, 3.05) is 39.8 Å². The molecule has 0 aromatic heterocycles. The summed E-state index contributed by atoms with van der Waals surface area (Å²) in [6, 6.07) is 5.99. The average molecular weight is 328 g/mol. The molecule has 1 aromatic rings. The number of rotatable bonds is 4. The van der Waals surface area contributed by atoms with Gasteiger partial charge in [0.1, 0.15) is 0 Å². The van der Waals surface area contributed by atoms with Crippen LogP contribution >= 0.6 is 0 Å². The average Bonchev–Trinajstić information content (AvgIpc) is 2.47. The summed E-state index contributed by atoms with van der Waals surface area (Å²) in [7, 11) is -1.81. The standard InChI is InChI=1S/C9H20N2.C7H8O3S/c1-3-4-5-11-8-6-10(2)7-9-11;1-6-2-4-7(5-3-6)11(8,9)10/h3-9H2,1-2H3;2-5H,1H3,(H,8,9,10). The van der Waals surface area contributed by atoms with Crippen LogP contribution in [0.4, 0.5) is 0 Å². The van der Waals surface area contributed by atoms with Crippen LogP contribution in [0.1, 0.15) is 25.3 Å². The summed E-state index contributed by atoms with van der Waals surface area (Å²) in [5, 5.41) is 0. The monoisotopic (exact) mass is 328 g/mol. The first-order valence-electron chi connectivity index (χ1n) is 7.78. The topological polar surface area (TPSA) is 60.9 Å². The van der Waals surface area contributed by atoms with Crippen LogP contribution in [0.5, 0.6) is 0 Å². The van der Waals surface area contributed by atoms with E-state index in [0.717, 1.165) is 5.56 Å². The Labute approximate surface area is 134 Å². The summed E-state index contributed by atoms with van der Waals surface area (Å²) in [5.74, 6) is 0. The highest BCUT2D eigenvalue weighted by molar-refractivity contribution is 7.85. The Hall–Kier alpha value is -0.950. The lowest BCUT2D eigenvalue weighted by Crippen LogP contribution is -2.44. The number of benzene rings is 1. The number of nitrogens with zero attached hydrogens (tertiary/aromatic N) is 2. The van der Waals surface area contributed by atoms with Crippen molar-refractivity contribution in [3.63, 3.8) is 0 Å². The van der Waals surface area contributed by atoms with E-state index in [-0.39, 0.29) is 4.90 Å². The minimum absolute atomic E-state index is 0.0666. The summed E-state index contributed by atoms with van der Waals surface area (Å²) in [5.41, 5.74) is 0.956. The predicted molar refractivity (Wildman–Crippen MR) is 89.8 cm³/mol. The van der Waals surface area contributed by atoms with Crippen LogP contribution in [0, 0.1) is 6.92 Å². The van der Waals surface area contributed by atoms with Crippen molar-refractivity contribution in [1.29, 1.82) is 0 Å². The minimum Gasteiger partial charge on any atom is -0.304 e. The molecule has 0 saturated carbocycles. The minimum atomic E-state index is -4.02. The van der Waals surface area contributed by atoms with Crippen molar-refractivity contribution in [1.82, 2.24) is 9.80 Å². The number of aryl methyl sites for hydroxylation is 1. The van der Waals surface area contributed by atoms with Gasteiger partial charge >= 0.3 is 0 Å². The SMILES string of the molecule is CCCCN1CCN(C)CC1.Cc1ccc(S(=O)(=O)O)cc1. The maximum atomic E-state index is 10.5. The number of likely N-dealkylation sites (N-methyl/N-ethyl adjacent to an activating group) is 1. The second kappa shape index (κ2) is 9.25.